The maximum atomic E-state index is 8.54. The Hall–Kier alpha value is -0.690. The molecule has 1 N–H and O–H groups in total. The first kappa shape index (κ1) is 12.4. The van der Waals surface area contributed by atoms with Gasteiger partial charge in [0.25, 0.3) is 0 Å². The minimum Gasteiger partial charge on any atom is -0.272 e. The lowest BCUT2D eigenvalue weighted by atomic mass is 9.79. The minimum absolute atomic E-state index is 0.402. The summed E-state index contributed by atoms with van der Waals surface area (Å²) in [5, 5.41) is 11.9. The highest BCUT2D eigenvalue weighted by atomic mass is 32.2. The molecule has 0 radical (unpaired) electrons. The Labute approximate surface area is 96.3 Å². The fraction of sp³-hybridized carbons (Fsp3) is 0.818. The number of rotatable bonds is 1. The molecule has 0 bridgehead atoms. The third-order valence-corrected chi connectivity index (χ3v) is 3.82. The van der Waals surface area contributed by atoms with E-state index >= 15 is 0 Å². The van der Waals surface area contributed by atoms with Gasteiger partial charge >= 0.3 is 0 Å². The number of nitriles is 1. The molecule has 0 heterocycles. The molecular weight excluding hydrogens is 206 g/mol. The van der Waals surface area contributed by atoms with Crippen molar-refractivity contribution in [3.8, 4) is 6.19 Å². The summed E-state index contributed by atoms with van der Waals surface area (Å²) >= 11 is 1.51. The van der Waals surface area contributed by atoms with Crippen LogP contribution in [0, 0.1) is 23.3 Å². The predicted octanol–water partition coefficient (Wildman–Crippen LogP) is 2.60. The molecule has 0 aromatic carbocycles. The summed E-state index contributed by atoms with van der Waals surface area (Å²) in [6.45, 7) is 4.61. The Kier molecular flexibility index (Phi) is 4.97. The number of nitrogens with zero attached hydrogens (tertiary/aromatic N) is 2. The van der Waals surface area contributed by atoms with Crippen molar-refractivity contribution in [2.24, 2.45) is 16.8 Å². The minimum atomic E-state index is 0.402. The first-order valence-corrected chi connectivity index (χ1v) is 6.66. The summed E-state index contributed by atoms with van der Waals surface area (Å²) in [5.41, 5.74) is 0. The van der Waals surface area contributed by atoms with Gasteiger partial charge in [-0.25, -0.2) is 0 Å². The highest BCUT2D eigenvalue weighted by molar-refractivity contribution is 8.13. The molecule has 0 amide bonds. The average Bonchev–Trinajstić information content (AvgIpc) is 2.23. The van der Waals surface area contributed by atoms with E-state index in [4.69, 9.17) is 5.26 Å². The molecule has 3 unspecified atom stereocenters. The van der Waals surface area contributed by atoms with Crippen LogP contribution in [0.4, 0.5) is 0 Å². The Balaban J connectivity index is 2.54. The Morgan fingerprint density at radius 1 is 1.40 bits per heavy atom. The smallest absolute Gasteiger partial charge is 0.183 e. The van der Waals surface area contributed by atoms with E-state index in [2.05, 4.69) is 24.2 Å². The maximum absolute atomic E-state index is 8.54. The zero-order valence-electron chi connectivity index (χ0n) is 9.66. The number of thioether (sulfide) groups is 1. The van der Waals surface area contributed by atoms with Crippen LogP contribution in [0.15, 0.2) is 4.99 Å². The van der Waals surface area contributed by atoms with Crippen molar-refractivity contribution in [2.75, 3.05) is 6.26 Å². The molecule has 1 rings (SSSR count). The number of hydrogen-bond acceptors (Lipinski definition) is 3. The van der Waals surface area contributed by atoms with E-state index in [1.54, 1.807) is 0 Å². The van der Waals surface area contributed by atoms with Gasteiger partial charge in [0, 0.05) is 0 Å². The van der Waals surface area contributed by atoms with Crippen LogP contribution in [0.1, 0.15) is 33.1 Å². The predicted molar refractivity (Wildman–Crippen MR) is 65.7 cm³/mol. The van der Waals surface area contributed by atoms with E-state index in [9.17, 15) is 0 Å². The standard InChI is InChI=1S/C11H19N3S/c1-8-4-5-10(6-9(8)2)14-11(15-3)13-7-12/h8-10H,4-6H2,1-3H3,(H,13,14). The first-order valence-electron chi connectivity index (χ1n) is 5.44. The molecule has 1 saturated carbocycles. The fourth-order valence-electron chi connectivity index (χ4n) is 1.99. The van der Waals surface area contributed by atoms with Gasteiger partial charge in [0.15, 0.2) is 11.4 Å². The molecule has 0 spiro atoms. The van der Waals surface area contributed by atoms with Gasteiger partial charge in [0.1, 0.15) is 0 Å². The van der Waals surface area contributed by atoms with Crippen molar-refractivity contribution >= 4 is 16.9 Å². The van der Waals surface area contributed by atoms with Crippen LogP contribution in [-0.2, 0) is 0 Å². The monoisotopic (exact) mass is 225 g/mol. The average molecular weight is 225 g/mol. The van der Waals surface area contributed by atoms with Crippen LogP contribution < -0.4 is 5.32 Å². The van der Waals surface area contributed by atoms with E-state index in [0.717, 1.165) is 29.8 Å². The highest BCUT2D eigenvalue weighted by Gasteiger charge is 2.24. The molecule has 84 valence electrons. The molecule has 1 aliphatic rings. The van der Waals surface area contributed by atoms with Crippen LogP contribution >= 0.6 is 11.8 Å². The van der Waals surface area contributed by atoms with E-state index in [1.807, 2.05) is 12.4 Å². The fourth-order valence-corrected chi connectivity index (χ4v) is 2.39. The highest BCUT2D eigenvalue weighted by Crippen LogP contribution is 2.31. The van der Waals surface area contributed by atoms with Crippen LogP contribution in [-0.4, -0.2) is 17.5 Å². The second-order valence-electron chi connectivity index (χ2n) is 4.30. The van der Waals surface area contributed by atoms with Crippen molar-refractivity contribution in [3.63, 3.8) is 0 Å². The zero-order valence-corrected chi connectivity index (χ0v) is 10.5. The van der Waals surface area contributed by atoms with Gasteiger partial charge in [0.2, 0.25) is 0 Å². The van der Waals surface area contributed by atoms with Gasteiger partial charge in [-0.05, 0) is 37.4 Å². The quantitative estimate of drug-likeness (QED) is 0.323. The summed E-state index contributed by atoms with van der Waals surface area (Å²) in [5.74, 6) is 1.57. The topological polar surface area (TPSA) is 48.2 Å². The summed E-state index contributed by atoms with van der Waals surface area (Å²) in [4.78, 5) is 4.57. The van der Waals surface area contributed by atoms with Gasteiger partial charge in [-0.15, -0.1) is 0 Å². The van der Waals surface area contributed by atoms with Crippen molar-refractivity contribution in [1.29, 1.82) is 5.26 Å². The second kappa shape index (κ2) is 6.02. The number of aliphatic imine (C=N–C) groups is 1. The molecule has 0 aliphatic heterocycles. The third kappa shape index (κ3) is 3.75. The number of hydrogen-bond donors (Lipinski definition) is 1. The molecule has 3 nitrogen and oxygen atoms in total. The summed E-state index contributed by atoms with van der Waals surface area (Å²) in [6, 6.07) is 0.402. The Bertz CT molecular complexity index is 269. The first-order chi connectivity index (χ1) is 7.17. The summed E-state index contributed by atoms with van der Waals surface area (Å²) in [7, 11) is 0. The van der Waals surface area contributed by atoms with E-state index in [1.165, 1.54) is 18.2 Å². The largest absolute Gasteiger partial charge is 0.272 e. The van der Waals surface area contributed by atoms with Crippen LogP contribution in [0.2, 0.25) is 0 Å². The lowest BCUT2D eigenvalue weighted by molar-refractivity contribution is 0.252. The molecular formula is C11H19N3S. The van der Waals surface area contributed by atoms with Gasteiger partial charge < -0.3 is 0 Å². The number of nitrogens with one attached hydrogen (secondary N) is 1. The lowest BCUT2D eigenvalue weighted by Crippen LogP contribution is -2.25. The maximum Gasteiger partial charge on any atom is 0.183 e. The van der Waals surface area contributed by atoms with Crippen molar-refractivity contribution < 1.29 is 0 Å². The van der Waals surface area contributed by atoms with Crippen LogP contribution in [0.3, 0.4) is 0 Å². The molecule has 15 heavy (non-hydrogen) atoms. The lowest BCUT2D eigenvalue weighted by Gasteiger charge is -2.30. The van der Waals surface area contributed by atoms with E-state index < -0.39 is 0 Å². The van der Waals surface area contributed by atoms with E-state index in [-0.39, 0.29) is 0 Å². The molecule has 4 heteroatoms. The Morgan fingerprint density at radius 3 is 2.67 bits per heavy atom. The van der Waals surface area contributed by atoms with Crippen LogP contribution in [0.5, 0.6) is 0 Å². The second-order valence-corrected chi connectivity index (χ2v) is 5.09. The van der Waals surface area contributed by atoms with Gasteiger partial charge in [-0.2, -0.15) is 5.26 Å². The van der Waals surface area contributed by atoms with Crippen molar-refractivity contribution in [3.05, 3.63) is 0 Å². The van der Waals surface area contributed by atoms with Gasteiger partial charge in [-0.1, -0.05) is 25.6 Å². The van der Waals surface area contributed by atoms with Crippen molar-refractivity contribution in [2.45, 2.75) is 39.2 Å². The van der Waals surface area contributed by atoms with Crippen molar-refractivity contribution in [1.82, 2.24) is 5.32 Å². The molecule has 1 aliphatic carbocycles. The molecule has 0 aromatic heterocycles. The Morgan fingerprint density at radius 2 is 2.13 bits per heavy atom. The zero-order chi connectivity index (χ0) is 11.3. The molecule has 1 fully saturated rings. The van der Waals surface area contributed by atoms with Gasteiger partial charge in [-0.3, -0.25) is 10.3 Å². The number of amidine groups is 1. The molecule has 0 saturated heterocycles. The normalized spacial score (nSPS) is 32.1. The van der Waals surface area contributed by atoms with Gasteiger partial charge in [0.05, 0.1) is 6.04 Å². The van der Waals surface area contributed by atoms with E-state index in [0.29, 0.717) is 6.04 Å². The molecule has 0 aromatic rings. The summed E-state index contributed by atoms with van der Waals surface area (Å²) < 4.78 is 0. The molecule has 3 atom stereocenters. The summed E-state index contributed by atoms with van der Waals surface area (Å²) in [6.07, 6.45) is 7.43. The SMILES string of the molecule is CSC(=NC1CCC(C)C(C)C1)NC#N. The third-order valence-electron chi connectivity index (χ3n) is 3.23. The van der Waals surface area contributed by atoms with Crippen LogP contribution in [0.25, 0.3) is 0 Å².